The minimum atomic E-state index is -0.304. The Labute approximate surface area is 198 Å². The topological polar surface area (TPSA) is 71.4 Å². The molecular formula is C26H30FN5O2. The molecule has 34 heavy (non-hydrogen) atoms. The Hall–Kier alpha value is -3.23. The van der Waals surface area contributed by atoms with Gasteiger partial charge in [-0.3, -0.25) is 10.2 Å². The third kappa shape index (κ3) is 4.69. The van der Waals surface area contributed by atoms with Crippen molar-refractivity contribution in [3.8, 4) is 5.69 Å². The monoisotopic (exact) mass is 463 g/mol. The van der Waals surface area contributed by atoms with Crippen LogP contribution >= 0.6 is 0 Å². The van der Waals surface area contributed by atoms with Gasteiger partial charge < -0.3 is 10.1 Å². The van der Waals surface area contributed by atoms with Crippen LogP contribution in [0.25, 0.3) is 5.69 Å². The van der Waals surface area contributed by atoms with E-state index in [9.17, 15) is 9.18 Å². The third-order valence-electron chi connectivity index (χ3n) is 6.76. The summed E-state index contributed by atoms with van der Waals surface area (Å²) >= 11 is 0. The zero-order valence-corrected chi connectivity index (χ0v) is 19.3. The molecule has 7 nitrogen and oxygen atoms in total. The summed E-state index contributed by atoms with van der Waals surface area (Å²) in [6.07, 6.45) is 2.77. The van der Waals surface area contributed by atoms with Crippen molar-refractivity contribution in [3.63, 3.8) is 0 Å². The Morgan fingerprint density at radius 2 is 1.91 bits per heavy atom. The summed E-state index contributed by atoms with van der Waals surface area (Å²) in [6.45, 7) is 3.10. The molecule has 2 unspecified atom stereocenters. The first kappa shape index (κ1) is 22.6. The minimum absolute atomic E-state index is 0.0329. The highest BCUT2D eigenvalue weighted by molar-refractivity contribution is 5.90. The number of ether oxygens (including phenoxy) is 1. The Balaban J connectivity index is 1.35. The first-order chi connectivity index (χ1) is 16.6. The van der Waals surface area contributed by atoms with Crippen LogP contribution in [0.2, 0.25) is 0 Å². The summed E-state index contributed by atoms with van der Waals surface area (Å²) in [5.41, 5.74) is 3.99. The Morgan fingerprint density at radius 3 is 2.68 bits per heavy atom. The molecule has 2 aromatic carbocycles. The lowest BCUT2D eigenvalue weighted by atomic mass is 9.94. The molecule has 8 heteroatoms. The quantitative estimate of drug-likeness (QED) is 0.560. The summed E-state index contributed by atoms with van der Waals surface area (Å²) in [7, 11) is 1.71. The molecule has 2 atom stereocenters. The molecule has 1 fully saturated rings. The number of carbonyl (C=O) groups excluding carboxylic acids is 1. The van der Waals surface area contributed by atoms with Crippen LogP contribution in [-0.2, 0) is 17.6 Å². The average Bonchev–Trinajstić information content (AvgIpc) is 3.55. The molecule has 0 spiro atoms. The number of urea groups is 1. The van der Waals surface area contributed by atoms with Crippen LogP contribution in [0.15, 0.2) is 54.6 Å². The van der Waals surface area contributed by atoms with Gasteiger partial charge in [-0.1, -0.05) is 30.3 Å². The van der Waals surface area contributed by atoms with Gasteiger partial charge in [-0.15, -0.1) is 0 Å². The number of carbonyl (C=O) groups is 1. The van der Waals surface area contributed by atoms with Gasteiger partial charge in [0.15, 0.2) is 0 Å². The molecule has 2 heterocycles. The maximum atomic E-state index is 13.5. The number of nitrogens with one attached hydrogen (secondary N) is 2. The van der Waals surface area contributed by atoms with Crippen molar-refractivity contribution in [1.29, 1.82) is 0 Å². The SMILES string of the molecule is COCCN1CC(NC(=O)Nc2c3c(nn2-c2ccc(F)cc2)CCC3)C(c2ccccc2)C1. The van der Waals surface area contributed by atoms with E-state index in [4.69, 9.17) is 9.84 Å². The van der Waals surface area contributed by atoms with Gasteiger partial charge in [-0.2, -0.15) is 5.10 Å². The molecule has 1 saturated heterocycles. The lowest BCUT2D eigenvalue weighted by Gasteiger charge is -2.21. The normalized spacial score (nSPS) is 19.8. The molecule has 3 aromatic rings. The van der Waals surface area contributed by atoms with E-state index in [0.717, 1.165) is 55.8 Å². The van der Waals surface area contributed by atoms with Crippen molar-refractivity contribution in [2.45, 2.75) is 31.2 Å². The largest absolute Gasteiger partial charge is 0.383 e. The molecule has 5 rings (SSSR count). The molecule has 2 amide bonds. The molecular weight excluding hydrogens is 433 g/mol. The predicted octanol–water partition coefficient (Wildman–Crippen LogP) is 3.74. The van der Waals surface area contributed by atoms with Crippen LogP contribution in [0.4, 0.5) is 15.0 Å². The number of amides is 2. The van der Waals surface area contributed by atoms with E-state index in [-0.39, 0.29) is 23.8 Å². The molecule has 2 aliphatic rings. The summed E-state index contributed by atoms with van der Waals surface area (Å²) in [4.78, 5) is 15.6. The van der Waals surface area contributed by atoms with Gasteiger partial charge in [0.1, 0.15) is 11.6 Å². The number of aryl methyl sites for hydroxylation is 1. The van der Waals surface area contributed by atoms with Gasteiger partial charge in [-0.25, -0.2) is 13.9 Å². The second kappa shape index (κ2) is 9.95. The van der Waals surface area contributed by atoms with Crippen molar-refractivity contribution in [2.75, 3.05) is 38.7 Å². The number of rotatable bonds is 7. The predicted molar refractivity (Wildman–Crippen MR) is 129 cm³/mol. The van der Waals surface area contributed by atoms with Crippen LogP contribution in [0.5, 0.6) is 0 Å². The summed E-state index contributed by atoms with van der Waals surface area (Å²) < 4.78 is 20.4. The summed E-state index contributed by atoms with van der Waals surface area (Å²) in [5.74, 6) is 0.556. The highest BCUT2D eigenvalue weighted by Crippen LogP contribution is 2.32. The third-order valence-corrected chi connectivity index (χ3v) is 6.76. The number of nitrogens with zero attached hydrogens (tertiary/aromatic N) is 3. The second-order valence-corrected chi connectivity index (χ2v) is 8.99. The molecule has 1 aliphatic carbocycles. The number of benzene rings is 2. The molecule has 178 valence electrons. The minimum Gasteiger partial charge on any atom is -0.383 e. The molecule has 1 aromatic heterocycles. The van der Waals surface area contributed by atoms with E-state index < -0.39 is 0 Å². The van der Waals surface area contributed by atoms with E-state index in [2.05, 4.69) is 27.7 Å². The van der Waals surface area contributed by atoms with Crippen molar-refractivity contribution in [3.05, 3.63) is 77.2 Å². The van der Waals surface area contributed by atoms with Crippen molar-refractivity contribution < 1.29 is 13.9 Å². The fourth-order valence-corrected chi connectivity index (χ4v) is 5.07. The van der Waals surface area contributed by atoms with Crippen LogP contribution in [0, 0.1) is 5.82 Å². The van der Waals surface area contributed by atoms with E-state index >= 15 is 0 Å². The van der Waals surface area contributed by atoms with Crippen molar-refractivity contribution in [2.24, 2.45) is 0 Å². The molecule has 2 N–H and O–H groups in total. The Bertz CT molecular complexity index is 1130. The van der Waals surface area contributed by atoms with Gasteiger partial charge in [0.2, 0.25) is 0 Å². The van der Waals surface area contributed by atoms with Gasteiger partial charge in [0.05, 0.1) is 24.0 Å². The van der Waals surface area contributed by atoms with Gasteiger partial charge in [-0.05, 0) is 49.1 Å². The van der Waals surface area contributed by atoms with E-state index in [1.807, 2.05) is 18.2 Å². The average molecular weight is 464 g/mol. The molecule has 0 saturated carbocycles. The number of fused-ring (bicyclic) bond motifs is 1. The Kier molecular flexibility index (Phi) is 6.60. The highest BCUT2D eigenvalue weighted by Gasteiger charge is 2.35. The summed E-state index contributed by atoms with van der Waals surface area (Å²) in [6, 6.07) is 16.2. The smallest absolute Gasteiger partial charge is 0.320 e. The number of halogens is 1. The first-order valence-corrected chi connectivity index (χ1v) is 11.8. The van der Waals surface area contributed by atoms with Crippen LogP contribution in [-0.4, -0.2) is 60.1 Å². The number of hydrogen-bond acceptors (Lipinski definition) is 4. The van der Waals surface area contributed by atoms with Crippen LogP contribution in [0.3, 0.4) is 0 Å². The van der Waals surface area contributed by atoms with Gasteiger partial charge >= 0.3 is 6.03 Å². The lowest BCUT2D eigenvalue weighted by Crippen LogP contribution is -2.42. The zero-order valence-electron chi connectivity index (χ0n) is 19.3. The fraction of sp³-hybridized carbons (Fsp3) is 0.385. The number of anilines is 1. The maximum Gasteiger partial charge on any atom is 0.320 e. The number of hydrogen-bond donors (Lipinski definition) is 2. The van der Waals surface area contributed by atoms with Crippen molar-refractivity contribution in [1.82, 2.24) is 20.0 Å². The zero-order chi connectivity index (χ0) is 23.5. The summed E-state index contributed by atoms with van der Waals surface area (Å²) in [5, 5.41) is 11.0. The number of aromatic nitrogens is 2. The van der Waals surface area contributed by atoms with E-state index in [1.165, 1.54) is 17.7 Å². The number of methoxy groups -OCH3 is 1. The lowest BCUT2D eigenvalue weighted by molar-refractivity contribution is 0.159. The molecule has 0 bridgehead atoms. The van der Waals surface area contributed by atoms with Crippen LogP contribution in [0.1, 0.15) is 29.2 Å². The second-order valence-electron chi connectivity index (χ2n) is 8.99. The number of likely N-dealkylation sites (tertiary alicyclic amines) is 1. The first-order valence-electron chi connectivity index (χ1n) is 11.8. The van der Waals surface area contributed by atoms with Gasteiger partial charge in [0.25, 0.3) is 0 Å². The molecule has 1 aliphatic heterocycles. The van der Waals surface area contributed by atoms with Gasteiger partial charge in [0, 0.05) is 38.2 Å². The highest BCUT2D eigenvalue weighted by atomic mass is 19.1. The maximum absolute atomic E-state index is 13.5. The van der Waals surface area contributed by atoms with E-state index in [0.29, 0.717) is 12.4 Å². The van der Waals surface area contributed by atoms with Crippen molar-refractivity contribution >= 4 is 11.8 Å². The fourth-order valence-electron chi connectivity index (χ4n) is 5.07. The molecule has 0 radical (unpaired) electrons. The van der Waals surface area contributed by atoms with E-state index in [1.54, 1.807) is 23.9 Å². The van der Waals surface area contributed by atoms with Crippen LogP contribution < -0.4 is 10.6 Å². The standard InChI is InChI=1S/C26H30FN5O2/c1-34-15-14-31-16-22(18-6-3-2-4-7-18)24(17-31)28-26(33)29-25-21-8-5-9-23(21)30-32(25)20-12-10-19(27)11-13-20/h2-4,6-7,10-13,22,24H,5,8-9,14-17H2,1H3,(H2,28,29,33). The Morgan fingerprint density at radius 1 is 1.12 bits per heavy atom.